The van der Waals surface area contributed by atoms with Crippen LogP contribution < -0.4 is 5.73 Å². The Bertz CT molecular complexity index is 229. The second-order valence-corrected chi connectivity index (χ2v) is 5.33. The lowest BCUT2D eigenvalue weighted by molar-refractivity contribution is 0.116. The fourth-order valence-corrected chi connectivity index (χ4v) is 1.58. The van der Waals surface area contributed by atoms with Gasteiger partial charge in [0.25, 0.3) is 0 Å². The topological polar surface area (TPSA) is 62.3 Å². The summed E-state index contributed by atoms with van der Waals surface area (Å²) in [6, 6.07) is 0.549. The van der Waals surface area contributed by atoms with E-state index in [0.29, 0.717) is 6.04 Å². The summed E-state index contributed by atoms with van der Waals surface area (Å²) < 4.78 is 5.14. The van der Waals surface area contributed by atoms with E-state index in [2.05, 4.69) is 18.7 Å². The first kappa shape index (κ1) is 16.4. The van der Waals surface area contributed by atoms with Crippen LogP contribution in [0.1, 0.15) is 40.5 Å². The molecular weight excluding hydrogens is 214 g/mol. The lowest BCUT2D eigenvalue weighted by Crippen LogP contribution is -2.40. The molecule has 0 spiro atoms. The van der Waals surface area contributed by atoms with Crippen LogP contribution in [-0.4, -0.2) is 43.6 Å². The van der Waals surface area contributed by atoms with Crippen molar-refractivity contribution in [1.82, 2.24) is 4.90 Å². The zero-order valence-electron chi connectivity index (χ0n) is 12.0. The van der Waals surface area contributed by atoms with Gasteiger partial charge in [-0.1, -0.05) is 20.8 Å². The number of rotatable bonds is 9. The number of nitrogens with one attached hydrogen (secondary N) is 1. The highest BCUT2D eigenvalue weighted by molar-refractivity contribution is 5.82. The summed E-state index contributed by atoms with van der Waals surface area (Å²) in [4.78, 5) is 2.41. The Balaban J connectivity index is 4.29. The quantitative estimate of drug-likeness (QED) is 0.481. The van der Waals surface area contributed by atoms with E-state index < -0.39 is 0 Å². The maximum atomic E-state index is 7.57. The SMILES string of the molecule is CCC(C)N(CCOC)CCC(C)(C)C(=N)N. The van der Waals surface area contributed by atoms with Crippen LogP contribution in [0.4, 0.5) is 0 Å². The molecule has 0 saturated carbocycles. The van der Waals surface area contributed by atoms with E-state index in [-0.39, 0.29) is 11.3 Å². The van der Waals surface area contributed by atoms with Crippen LogP contribution in [0, 0.1) is 10.8 Å². The number of ether oxygens (including phenoxy) is 1. The average molecular weight is 243 g/mol. The van der Waals surface area contributed by atoms with E-state index in [1.54, 1.807) is 7.11 Å². The predicted molar refractivity (Wildman–Crippen MR) is 73.5 cm³/mol. The molecule has 0 bridgehead atoms. The van der Waals surface area contributed by atoms with Crippen LogP contribution in [0.2, 0.25) is 0 Å². The Morgan fingerprint density at radius 2 is 2.00 bits per heavy atom. The molecule has 0 amide bonds. The fraction of sp³-hybridized carbons (Fsp3) is 0.923. The first-order valence-electron chi connectivity index (χ1n) is 6.42. The molecule has 1 unspecified atom stereocenters. The smallest absolute Gasteiger partial charge is 0.0963 e. The Hall–Kier alpha value is -0.610. The van der Waals surface area contributed by atoms with Crippen molar-refractivity contribution in [2.24, 2.45) is 11.1 Å². The van der Waals surface area contributed by atoms with Crippen molar-refractivity contribution in [2.45, 2.75) is 46.6 Å². The van der Waals surface area contributed by atoms with Crippen molar-refractivity contribution in [3.8, 4) is 0 Å². The minimum absolute atomic E-state index is 0.210. The van der Waals surface area contributed by atoms with Crippen molar-refractivity contribution < 1.29 is 4.74 Å². The molecule has 0 radical (unpaired) electrons. The molecule has 4 heteroatoms. The molecule has 0 rings (SSSR count). The van der Waals surface area contributed by atoms with Gasteiger partial charge in [0.05, 0.1) is 12.4 Å². The maximum absolute atomic E-state index is 7.57. The van der Waals surface area contributed by atoms with Crippen LogP contribution in [0.25, 0.3) is 0 Å². The van der Waals surface area contributed by atoms with Gasteiger partial charge in [0, 0.05) is 25.1 Å². The van der Waals surface area contributed by atoms with E-state index in [1.807, 2.05) is 13.8 Å². The summed E-state index contributed by atoms with van der Waals surface area (Å²) in [6.07, 6.45) is 2.04. The third kappa shape index (κ3) is 6.03. The minimum Gasteiger partial charge on any atom is -0.387 e. The first-order chi connectivity index (χ1) is 7.85. The summed E-state index contributed by atoms with van der Waals surface area (Å²) in [5, 5.41) is 7.57. The van der Waals surface area contributed by atoms with Crippen LogP contribution in [0.3, 0.4) is 0 Å². The Kier molecular flexibility index (Phi) is 7.39. The average Bonchev–Trinajstić information content (AvgIpc) is 2.28. The van der Waals surface area contributed by atoms with Gasteiger partial charge < -0.3 is 10.5 Å². The standard InChI is InChI=1S/C13H29N3O/c1-6-11(2)16(9-10-17-5)8-7-13(3,4)12(14)15/h11H,6-10H2,1-5H3,(H3,14,15). The Morgan fingerprint density at radius 3 is 2.41 bits per heavy atom. The van der Waals surface area contributed by atoms with Gasteiger partial charge in [0.2, 0.25) is 0 Å². The van der Waals surface area contributed by atoms with Gasteiger partial charge in [-0.25, -0.2) is 0 Å². The third-order valence-electron chi connectivity index (χ3n) is 3.55. The van der Waals surface area contributed by atoms with Gasteiger partial charge in [-0.2, -0.15) is 0 Å². The van der Waals surface area contributed by atoms with Crippen molar-refractivity contribution in [2.75, 3.05) is 26.8 Å². The second kappa shape index (κ2) is 7.67. The molecular formula is C13H29N3O. The molecule has 0 fully saturated rings. The lowest BCUT2D eigenvalue weighted by Gasteiger charge is -2.32. The Morgan fingerprint density at radius 1 is 1.41 bits per heavy atom. The number of methoxy groups -OCH3 is 1. The van der Waals surface area contributed by atoms with Crippen LogP contribution in [-0.2, 0) is 4.74 Å². The zero-order valence-corrected chi connectivity index (χ0v) is 12.0. The van der Waals surface area contributed by atoms with E-state index in [0.717, 1.165) is 32.5 Å². The summed E-state index contributed by atoms with van der Waals surface area (Å²) in [7, 11) is 1.73. The lowest BCUT2D eigenvalue weighted by atomic mass is 9.87. The fourth-order valence-electron chi connectivity index (χ4n) is 1.58. The van der Waals surface area contributed by atoms with Gasteiger partial charge in [-0.05, 0) is 26.3 Å². The number of amidine groups is 1. The molecule has 0 saturated heterocycles. The molecule has 3 N–H and O–H groups in total. The van der Waals surface area contributed by atoms with E-state index in [1.165, 1.54) is 0 Å². The molecule has 0 aliphatic heterocycles. The van der Waals surface area contributed by atoms with E-state index >= 15 is 0 Å². The van der Waals surface area contributed by atoms with Gasteiger partial charge in [-0.15, -0.1) is 0 Å². The molecule has 0 aliphatic rings. The molecule has 0 aliphatic carbocycles. The number of nitrogens with two attached hydrogens (primary N) is 1. The van der Waals surface area contributed by atoms with Gasteiger partial charge in [0.15, 0.2) is 0 Å². The number of nitrogens with zero attached hydrogens (tertiary/aromatic N) is 1. The maximum Gasteiger partial charge on any atom is 0.0963 e. The molecule has 0 aromatic carbocycles. The van der Waals surface area contributed by atoms with Crippen LogP contribution >= 0.6 is 0 Å². The minimum atomic E-state index is -0.210. The summed E-state index contributed by atoms with van der Waals surface area (Å²) in [5.74, 6) is 0.272. The second-order valence-electron chi connectivity index (χ2n) is 5.33. The van der Waals surface area contributed by atoms with Crippen molar-refractivity contribution in [1.29, 1.82) is 5.41 Å². The van der Waals surface area contributed by atoms with Crippen molar-refractivity contribution in [3.63, 3.8) is 0 Å². The summed E-state index contributed by atoms with van der Waals surface area (Å²) in [5.41, 5.74) is 5.40. The molecule has 0 heterocycles. The van der Waals surface area contributed by atoms with Gasteiger partial charge in [-0.3, -0.25) is 10.3 Å². The first-order valence-corrected chi connectivity index (χ1v) is 6.42. The predicted octanol–water partition coefficient (Wildman–Crippen LogP) is 2.09. The zero-order chi connectivity index (χ0) is 13.5. The Labute approximate surface area is 106 Å². The monoisotopic (exact) mass is 243 g/mol. The normalized spacial score (nSPS) is 14.0. The van der Waals surface area contributed by atoms with Gasteiger partial charge in [0.1, 0.15) is 0 Å². The highest BCUT2D eigenvalue weighted by atomic mass is 16.5. The van der Waals surface area contributed by atoms with Crippen molar-refractivity contribution in [3.05, 3.63) is 0 Å². The van der Waals surface area contributed by atoms with Gasteiger partial charge >= 0.3 is 0 Å². The molecule has 0 aromatic heterocycles. The van der Waals surface area contributed by atoms with Crippen LogP contribution in [0.5, 0.6) is 0 Å². The van der Waals surface area contributed by atoms with Crippen LogP contribution in [0.15, 0.2) is 0 Å². The summed E-state index contributed by atoms with van der Waals surface area (Å²) >= 11 is 0. The van der Waals surface area contributed by atoms with Crippen molar-refractivity contribution >= 4 is 5.84 Å². The molecule has 17 heavy (non-hydrogen) atoms. The summed E-state index contributed by atoms with van der Waals surface area (Å²) in [6.45, 7) is 11.1. The third-order valence-corrected chi connectivity index (χ3v) is 3.55. The molecule has 0 aromatic rings. The largest absolute Gasteiger partial charge is 0.387 e. The molecule has 1 atom stereocenters. The van der Waals surface area contributed by atoms with E-state index in [9.17, 15) is 0 Å². The highest BCUT2D eigenvalue weighted by Gasteiger charge is 2.23. The number of hydrogen-bond acceptors (Lipinski definition) is 3. The highest BCUT2D eigenvalue weighted by Crippen LogP contribution is 2.21. The van der Waals surface area contributed by atoms with E-state index in [4.69, 9.17) is 15.9 Å². The molecule has 102 valence electrons. The molecule has 4 nitrogen and oxygen atoms in total. The number of hydrogen-bond donors (Lipinski definition) is 2.